The van der Waals surface area contributed by atoms with Crippen molar-refractivity contribution in [1.29, 1.82) is 0 Å². The number of anilines is 1. The molecule has 0 saturated carbocycles. The number of nitrogens with zero attached hydrogens (tertiary/aromatic N) is 1. The van der Waals surface area contributed by atoms with Gasteiger partial charge in [0.15, 0.2) is 0 Å². The third-order valence-corrected chi connectivity index (χ3v) is 4.36. The van der Waals surface area contributed by atoms with Gasteiger partial charge in [-0.1, -0.05) is 32.4 Å². The predicted octanol–water partition coefficient (Wildman–Crippen LogP) is 3.16. The molecule has 1 saturated heterocycles. The Bertz CT molecular complexity index is 348. The van der Waals surface area contributed by atoms with Gasteiger partial charge in [-0.15, -0.1) is 0 Å². The summed E-state index contributed by atoms with van der Waals surface area (Å²) in [6.07, 6.45) is 3.91. The van der Waals surface area contributed by atoms with E-state index in [0.717, 1.165) is 0 Å². The molecule has 17 heavy (non-hydrogen) atoms. The summed E-state index contributed by atoms with van der Waals surface area (Å²) in [7, 11) is 0. The largest absolute Gasteiger partial charge is 0.371 e. The molecule has 0 spiro atoms. The molecule has 0 aliphatic carbocycles. The molecule has 94 valence electrons. The molecule has 1 aliphatic rings. The van der Waals surface area contributed by atoms with E-state index in [-0.39, 0.29) is 0 Å². The lowest BCUT2D eigenvalue weighted by Gasteiger charge is -2.40. The first kappa shape index (κ1) is 12.4. The highest BCUT2D eigenvalue weighted by atomic mass is 15.1. The van der Waals surface area contributed by atoms with Crippen LogP contribution in [-0.2, 0) is 6.54 Å². The van der Waals surface area contributed by atoms with Crippen LogP contribution in [0, 0.1) is 5.41 Å². The molecule has 2 heteroatoms. The Morgan fingerprint density at radius 1 is 1.18 bits per heavy atom. The molecule has 0 radical (unpaired) electrons. The normalized spacial score (nSPS) is 19.4. The van der Waals surface area contributed by atoms with Crippen molar-refractivity contribution in [1.82, 2.24) is 0 Å². The van der Waals surface area contributed by atoms with Gasteiger partial charge in [-0.3, -0.25) is 0 Å². The standard InChI is InChI=1S/C15H24N2/c1-3-15(2)8-10-17(11-9-15)14-6-4-13(12-16)5-7-14/h4-7H,3,8-12,16H2,1-2H3. The molecule has 2 nitrogen and oxygen atoms in total. The number of piperidine rings is 1. The molecule has 1 heterocycles. The van der Waals surface area contributed by atoms with E-state index in [1.165, 1.54) is 43.6 Å². The highest BCUT2D eigenvalue weighted by Gasteiger charge is 2.28. The fourth-order valence-electron chi connectivity index (χ4n) is 2.50. The highest BCUT2D eigenvalue weighted by molar-refractivity contribution is 5.48. The quantitative estimate of drug-likeness (QED) is 0.867. The minimum absolute atomic E-state index is 0.563. The Labute approximate surface area is 105 Å². The van der Waals surface area contributed by atoms with Gasteiger partial charge in [0, 0.05) is 25.3 Å². The van der Waals surface area contributed by atoms with E-state index in [1.54, 1.807) is 0 Å². The van der Waals surface area contributed by atoms with Crippen molar-refractivity contribution < 1.29 is 0 Å². The van der Waals surface area contributed by atoms with Gasteiger partial charge in [-0.2, -0.15) is 0 Å². The van der Waals surface area contributed by atoms with Crippen molar-refractivity contribution in [2.45, 2.75) is 39.7 Å². The number of nitrogens with two attached hydrogens (primary N) is 1. The molecule has 1 aromatic carbocycles. The average molecular weight is 232 g/mol. The number of hydrogen-bond acceptors (Lipinski definition) is 2. The minimum Gasteiger partial charge on any atom is -0.371 e. The molecular weight excluding hydrogens is 208 g/mol. The van der Waals surface area contributed by atoms with Gasteiger partial charge in [0.2, 0.25) is 0 Å². The Morgan fingerprint density at radius 3 is 2.24 bits per heavy atom. The fraction of sp³-hybridized carbons (Fsp3) is 0.600. The van der Waals surface area contributed by atoms with Crippen LogP contribution in [0.2, 0.25) is 0 Å². The van der Waals surface area contributed by atoms with Crippen LogP contribution in [0.15, 0.2) is 24.3 Å². The zero-order valence-corrected chi connectivity index (χ0v) is 11.1. The summed E-state index contributed by atoms with van der Waals surface area (Å²) in [5.41, 5.74) is 8.74. The fourth-order valence-corrected chi connectivity index (χ4v) is 2.50. The first-order valence-electron chi connectivity index (χ1n) is 6.71. The van der Waals surface area contributed by atoms with E-state index in [4.69, 9.17) is 5.73 Å². The van der Waals surface area contributed by atoms with Crippen LogP contribution in [-0.4, -0.2) is 13.1 Å². The average Bonchev–Trinajstić information content (AvgIpc) is 2.40. The first-order chi connectivity index (χ1) is 8.17. The smallest absolute Gasteiger partial charge is 0.0366 e. The molecule has 1 aliphatic heterocycles. The van der Waals surface area contributed by atoms with E-state index < -0.39 is 0 Å². The van der Waals surface area contributed by atoms with E-state index in [9.17, 15) is 0 Å². The molecule has 1 aromatic rings. The van der Waals surface area contributed by atoms with E-state index >= 15 is 0 Å². The Hall–Kier alpha value is -1.02. The van der Waals surface area contributed by atoms with Gasteiger partial charge < -0.3 is 10.6 Å². The number of hydrogen-bond donors (Lipinski definition) is 1. The van der Waals surface area contributed by atoms with Crippen molar-refractivity contribution in [3.8, 4) is 0 Å². The third-order valence-electron chi connectivity index (χ3n) is 4.36. The van der Waals surface area contributed by atoms with Crippen molar-refractivity contribution in [3.63, 3.8) is 0 Å². The van der Waals surface area contributed by atoms with E-state index in [1.807, 2.05) is 0 Å². The van der Waals surface area contributed by atoms with Crippen molar-refractivity contribution >= 4 is 5.69 Å². The Kier molecular flexibility index (Phi) is 3.72. The van der Waals surface area contributed by atoms with Crippen LogP contribution < -0.4 is 10.6 Å². The second kappa shape index (κ2) is 5.09. The van der Waals surface area contributed by atoms with Crippen LogP contribution in [0.4, 0.5) is 5.69 Å². The number of rotatable bonds is 3. The summed E-state index contributed by atoms with van der Waals surface area (Å²) in [4.78, 5) is 2.50. The zero-order valence-electron chi connectivity index (χ0n) is 11.1. The van der Waals surface area contributed by atoms with Crippen LogP contribution >= 0.6 is 0 Å². The number of benzene rings is 1. The van der Waals surface area contributed by atoms with Gasteiger partial charge in [0.25, 0.3) is 0 Å². The summed E-state index contributed by atoms with van der Waals surface area (Å²) in [5, 5.41) is 0. The molecule has 0 atom stereocenters. The van der Waals surface area contributed by atoms with Gasteiger partial charge in [-0.05, 0) is 36.0 Å². The predicted molar refractivity (Wildman–Crippen MR) is 74.2 cm³/mol. The molecule has 0 amide bonds. The van der Waals surface area contributed by atoms with Crippen molar-refractivity contribution in [2.24, 2.45) is 11.1 Å². The Balaban J connectivity index is 2.00. The maximum absolute atomic E-state index is 5.62. The van der Waals surface area contributed by atoms with Gasteiger partial charge in [-0.25, -0.2) is 0 Å². The van der Waals surface area contributed by atoms with Crippen molar-refractivity contribution in [2.75, 3.05) is 18.0 Å². The molecule has 2 rings (SSSR count). The molecule has 2 N–H and O–H groups in total. The highest BCUT2D eigenvalue weighted by Crippen LogP contribution is 2.35. The van der Waals surface area contributed by atoms with Crippen LogP contribution in [0.25, 0.3) is 0 Å². The zero-order chi connectivity index (χ0) is 12.3. The third kappa shape index (κ3) is 2.81. The van der Waals surface area contributed by atoms with Gasteiger partial charge >= 0.3 is 0 Å². The summed E-state index contributed by atoms with van der Waals surface area (Å²) in [6.45, 7) is 7.74. The lowest BCUT2D eigenvalue weighted by molar-refractivity contribution is 0.238. The topological polar surface area (TPSA) is 29.3 Å². The lowest BCUT2D eigenvalue weighted by Crippen LogP contribution is -2.38. The summed E-state index contributed by atoms with van der Waals surface area (Å²) < 4.78 is 0. The summed E-state index contributed by atoms with van der Waals surface area (Å²) in [6, 6.07) is 8.69. The molecular formula is C15H24N2. The second-order valence-electron chi connectivity index (χ2n) is 5.52. The SMILES string of the molecule is CCC1(C)CCN(c2ccc(CN)cc2)CC1. The van der Waals surface area contributed by atoms with Crippen LogP contribution in [0.1, 0.15) is 38.7 Å². The summed E-state index contributed by atoms with van der Waals surface area (Å²) in [5.74, 6) is 0. The van der Waals surface area contributed by atoms with Crippen LogP contribution in [0.3, 0.4) is 0 Å². The molecule has 1 fully saturated rings. The Morgan fingerprint density at radius 2 is 1.76 bits per heavy atom. The van der Waals surface area contributed by atoms with Crippen LogP contribution in [0.5, 0.6) is 0 Å². The van der Waals surface area contributed by atoms with Gasteiger partial charge in [0.1, 0.15) is 0 Å². The molecule has 0 aromatic heterocycles. The maximum atomic E-state index is 5.62. The van der Waals surface area contributed by atoms with Gasteiger partial charge in [0.05, 0.1) is 0 Å². The van der Waals surface area contributed by atoms with E-state index in [0.29, 0.717) is 12.0 Å². The van der Waals surface area contributed by atoms with Crippen molar-refractivity contribution in [3.05, 3.63) is 29.8 Å². The molecule has 0 bridgehead atoms. The summed E-state index contributed by atoms with van der Waals surface area (Å²) >= 11 is 0. The first-order valence-corrected chi connectivity index (χ1v) is 6.71. The lowest BCUT2D eigenvalue weighted by atomic mass is 9.78. The van der Waals surface area contributed by atoms with E-state index in [2.05, 4.69) is 43.0 Å². The monoisotopic (exact) mass is 232 g/mol. The second-order valence-corrected chi connectivity index (χ2v) is 5.52. The molecule has 0 unspecified atom stereocenters. The minimum atomic E-state index is 0.563. The maximum Gasteiger partial charge on any atom is 0.0366 e.